The molecular formula is C12H16N4O. The van der Waals surface area contributed by atoms with E-state index in [0.717, 1.165) is 21.5 Å². The first-order valence-electron chi connectivity index (χ1n) is 5.42. The van der Waals surface area contributed by atoms with Gasteiger partial charge in [-0.25, -0.2) is 5.84 Å². The number of hydrazine groups is 1. The van der Waals surface area contributed by atoms with E-state index in [2.05, 4.69) is 4.98 Å². The zero-order valence-corrected chi connectivity index (χ0v) is 9.68. The van der Waals surface area contributed by atoms with Gasteiger partial charge in [0.2, 0.25) is 0 Å². The minimum Gasteiger partial charge on any atom is -0.361 e. The molecule has 90 valence electrons. The maximum atomic E-state index is 11.6. The lowest BCUT2D eigenvalue weighted by atomic mass is 10.1. The highest BCUT2D eigenvalue weighted by atomic mass is 16.2. The van der Waals surface area contributed by atoms with Gasteiger partial charge in [0.25, 0.3) is 5.91 Å². The molecule has 0 fully saturated rings. The molecule has 0 spiro atoms. The van der Waals surface area contributed by atoms with Crippen molar-refractivity contribution >= 4 is 16.8 Å². The standard InChI is InChI=1S/C12H16N4O/c1-16(14)12(17)10(13)6-8-7-15-11-5-3-2-4-9(8)11/h2-5,7,10,15H,6,13-14H2,1H3. The van der Waals surface area contributed by atoms with Crippen LogP contribution >= 0.6 is 0 Å². The van der Waals surface area contributed by atoms with E-state index in [0.29, 0.717) is 6.42 Å². The number of para-hydroxylation sites is 1. The largest absolute Gasteiger partial charge is 0.361 e. The second-order valence-corrected chi connectivity index (χ2v) is 4.12. The van der Waals surface area contributed by atoms with Crippen LogP contribution in [0, 0.1) is 0 Å². The fraction of sp³-hybridized carbons (Fsp3) is 0.250. The van der Waals surface area contributed by atoms with Gasteiger partial charge in [-0.2, -0.15) is 0 Å². The van der Waals surface area contributed by atoms with E-state index >= 15 is 0 Å². The first-order valence-corrected chi connectivity index (χ1v) is 5.42. The van der Waals surface area contributed by atoms with E-state index in [1.54, 1.807) is 0 Å². The first-order chi connectivity index (χ1) is 8.09. The smallest absolute Gasteiger partial charge is 0.253 e. The summed E-state index contributed by atoms with van der Waals surface area (Å²) in [6, 6.07) is 7.30. The third-order valence-corrected chi connectivity index (χ3v) is 2.78. The molecule has 0 aliphatic rings. The highest BCUT2D eigenvalue weighted by molar-refractivity contribution is 5.85. The van der Waals surface area contributed by atoms with Crippen molar-refractivity contribution in [1.82, 2.24) is 9.99 Å². The SMILES string of the molecule is CN(N)C(=O)C(N)Cc1c[nH]c2ccccc12. The predicted octanol–water partition coefficient (Wildman–Crippen LogP) is 0.370. The van der Waals surface area contributed by atoms with Gasteiger partial charge < -0.3 is 10.7 Å². The van der Waals surface area contributed by atoms with Gasteiger partial charge in [0.1, 0.15) is 0 Å². The average molecular weight is 232 g/mol. The van der Waals surface area contributed by atoms with Crippen LogP contribution in [0.5, 0.6) is 0 Å². The minimum absolute atomic E-state index is 0.268. The van der Waals surface area contributed by atoms with Crippen LogP contribution < -0.4 is 11.6 Å². The molecule has 0 saturated carbocycles. The lowest BCUT2D eigenvalue weighted by Crippen LogP contribution is -2.46. The lowest BCUT2D eigenvalue weighted by Gasteiger charge is -2.15. The van der Waals surface area contributed by atoms with E-state index in [-0.39, 0.29) is 5.91 Å². The van der Waals surface area contributed by atoms with Crippen molar-refractivity contribution in [2.75, 3.05) is 7.05 Å². The van der Waals surface area contributed by atoms with Crippen LogP contribution in [-0.2, 0) is 11.2 Å². The Morgan fingerprint density at radius 3 is 2.88 bits per heavy atom. The summed E-state index contributed by atoms with van der Waals surface area (Å²) in [7, 11) is 1.50. The molecule has 1 aromatic carbocycles. The summed E-state index contributed by atoms with van der Waals surface area (Å²) >= 11 is 0. The molecule has 2 rings (SSSR count). The zero-order chi connectivity index (χ0) is 12.4. The number of hydrogen-bond acceptors (Lipinski definition) is 3. The second-order valence-electron chi connectivity index (χ2n) is 4.12. The summed E-state index contributed by atoms with van der Waals surface area (Å²) in [5.41, 5.74) is 7.89. The number of nitrogens with two attached hydrogens (primary N) is 2. The highest BCUT2D eigenvalue weighted by Gasteiger charge is 2.17. The number of amides is 1. The Hall–Kier alpha value is -1.85. The van der Waals surface area contributed by atoms with E-state index in [4.69, 9.17) is 11.6 Å². The molecule has 1 unspecified atom stereocenters. The van der Waals surface area contributed by atoms with Crippen LogP contribution in [0.4, 0.5) is 0 Å². The molecule has 0 bridgehead atoms. The summed E-state index contributed by atoms with van der Waals surface area (Å²) in [6.07, 6.45) is 2.36. The van der Waals surface area contributed by atoms with Gasteiger partial charge in [0, 0.05) is 24.1 Å². The number of carbonyl (C=O) groups is 1. The fourth-order valence-corrected chi connectivity index (χ4v) is 1.89. The number of H-pyrrole nitrogens is 1. The number of nitrogens with one attached hydrogen (secondary N) is 1. The maximum absolute atomic E-state index is 11.6. The maximum Gasteiger partial charge on any atom is 0.253 e. The van der Waals surface area contributed by atoms with Gasteiger partial charge in [-0.1, -0.05) is 18.2 Å². The van der Waals surface area contributed by atoms with E-state index in [1.807, 2.05) is 30.5 Å². The van der Waals surface area contributed by atoms with Gasteiger partial charge in [-0.15, -0.1) is 0 Å². The van der Waals surface area contributed by atoms with Crippen LogP contribution in [0.25, 0.3) is 10.9 Å². The highest BCUT2D eigenvalue weighted by Crippen LogP contribution is 2.18. The predicted molar refractivity (Wildman–Crippen MR) is 66.9 cm³/mol. The molecule has 1 aromatic heterocycles. The lowest BCUT2D eigenvalue weighted by molar-refractivity contribution is -0.131. The summed E-state index contributed by atoms with van der Waals surface area (Å²) in [5, 5.41) is 2.12. The Morgan fingerprint density at radius 1 is 1.47 bits per heavy atom. The number of carbonyl (C=O) groups excluding carboxylic acids is 1. The van der Waals surface area contributed by atoms with Crippen LogP contribution in [0.15, 0.2) is 30.5 Å². The molecule has 2 aromatic rings. The Morgan fingerprint density at radius 2 is 2.18 bits per heavy atom. The summed E-state index contributed by atoms with van der Waals surface area (Å²) < 4.78 is 0. The van der Waals surface area contributed by atoms with Crippen LogP contribution in [-0.4, -0.2) is 29.0 Å². The van der Waals surface area contributed by atoms with Crippen molar-refractivity contribution in [3.63, 3.8) is 0 Å². The quantitative estimate of drug-likeness (QED) is 0.406. The summed E-state index contributed by atoms with van der Waals surface area (Å²) in [5.74, 6) is 5.11. The Bertz CT molecular complexity index is 532. The minimum atomic E-state index is -0.607. The van der Waals surface area contributed by atoms with Crippen molar-refractivity contribution in [3.05, 3.63) is 36.0 Å². The normalized spacial score (nSPS) is 12.6. The first kappa shape index (κ1) is 11.6. The Kier molecular flexibility index (Phi) is 3.12. The third-order valence-electron chi connectivity index (χ3n) is 2.78. The number of hydrogen-bond donors (Lipinski definition) is 3. The topological polar surface area (TPSA) is 88.1 Å². The van der Waals surface area contributed by atoms with Crippen molar-refractivity contribution in [1.29, 1.82) is 0 Å². The third kappa shape index (κ3) is 2.30. The molecule has 5 N–H and O–H groups in total. The van der Waals surface area contributed by atoms with E-state index < -0.39 is 6.04 Å². The summed E-state index contributed by atoms with van der Waals surface area (Å²) in [4.78, 5) is 14.7. The number of rotatable bonds is 3. The fourth-order valence-electron chi connectivity index (χ4n) is 1.89. The van der Waals surface area contributed by atoms with Gasteiger partial charge >= 0.3 is 0 Å². The van der Waals surface area contributed by atoms with E-state index in [1.165, 1.54) is 7.05 Å². The van der Waals surface area contributed by atoms with Gasteiger partial charge in [-0.05, 0) is 18.1 Å². The van der Waals surface area contributed by atoms with Crippen molar-refractivity contribution < 1.29 is 4.79 Å². The molecule has 1 amide bonds. The molecule has 0 radical (unpaired) electrons. The number of aromatic amines is 1. The molecule has 0 aliphatic carbocycles. The molecular weight excluding hydrogens is 216 g/mol. The van der Waals surface area contributed by atoms with Gasteiger partial charge in [-0.3, -0.25) is 9.80 Å². The Balaban J connectivity index is 2.21. The van der Waals surface area contributed by atoms with Crippen LogP contribution in [0.2, 0.25) is 0 Å². The number of fused-ring (bicyclic) bond motifs is 1. The Labute approximate surface area is 99.4 Å². The molecule has 5 nitrogen and oxygen atoms in total. The second kappa shape index (κ2) is 4.57. The van der Waals surface area contributed by atoms with Crippen molar-refractivity contribution in [2.24, 2.45) is 11.6 Å². The number of benzene rings is 1. The zero-order valence-electron chi connectivity index (χ0n) is 9.68. The molecule has 1 heterocycles. The van der Waals surface area contributed by atoms with Gasteiger partial charge in [0.05, 0.1) is 6.04 Å². The molecule has 1 atom stereocenters. The van der Waals surface area contributed by atoms with Gasteiger partial charge in [0.15, 0.2) is 0 Å². The number of likely N-dealkylation sites (N-methyl/N-ethyl adjacent to an activating group) is 1. The molecule has 5 heteroatoms. The summed E-state index contributed by atoms with van der Waals surface area (Å²) in [6.45, 7) is 0. The van der Waals surface area contributed by atoms with Crippen molar-refractivity contribution in [2.45, 2.75) is 12.5 Å². The average Bonchev–Trinajstić information content (AvgIpc) is 2.71. The number of nitrogens with zero attached hydrogens (tertiary/aromatic N) is 1. The number of aromatic nitrogens is 1. The van der Waals surface area contributed by atoms with Crippen molar-refractivity contribution in [3.8, 4) is 0 Å². The molecule has 0 aliphatic heterocycles. The van der Waals surface area contributed by atoms with E-state index in [9.17, 15) is 4.79 Å². The monoisotopic (exact) mass is 232 g/mol. The molecule has 0 saturated heterocycles. The van der Waals surface area contributed by atoms with Crippen LogP contribution in [0.3, 0.4) is 0 Å². The molecule has 17 heavy (non-hydrogen) atoms. The van der Waals surface area contributed by atoms with Crippen LogP contribution in [0.1, 0.15) is 5.56 Å².